The van der Waals surface area contributed by atoms with Gasteiger partial charge in [-0.1, -0.05) is 54.6 Å². The van der Waals surface area contributed by atoms with Crippen molar-refractivity contribution in [2.24, 2.45) is 0 Å². The molecular weight excluding hydrogens is 266 g/mol. The van der Waals surface area contributed by atoms with Crippen LogP contribution in [0.5, 0.6) is 0 Å². The summed E-state index contributed by atoms with van der Waals surface area (Å²) in [6.07, 6.45) is 4.26. The maximum atomic E-state index is 2.24. The van der Waals surface area contributed by atoms with Crippen LogP contribution in [0.2, 0.25) is 0 Å². The molecule has 0 saturated heterocycles. The summed E-state index contributed by atoms with van der Waals surface area (Å²) in [6, 6.07) is 23.7. The summed E-state index contributed by atoms with van der Waals surface area (Å²) in [5, 5.41) is 5.42. The molecule has 0 aliphatic rings. The van der Waals surface area contributed by atoms with Crippen LogP contribution in [0.4, 0.5) is 0 Å². The topological polar surface area (TPSA) is 3.88 Å². The zero-order valence-electron chi connectivity index (χ0n) is 12.7. The van der Waals surface area contributed by atoms with Crippen molar-refractivity contribution in [2.45, 2.75) is 13.5 Å². The molecule has 22 heavy (non-hydrogen) atoms. The summed E-state index contributed by atoms with van der Waals surface area (Å²) in [6.45, 7) is 3.12. The molecule has 0 aliphatic heterocycles. The third kappa shape index (κ3) is 2.06. The van der Waals surface area contributed by atoms with Crippen molar-refractivity contribution in [3.8, 4) is 0 Å². The van der Waals surface area contributed by atoms with Gasteiger partial charge < -0.3 is 0 Å². The highest BCUT2D eigenvalue weighted by atomic mass is 14.9. The zero-order valence-corrected chi connectivity index (χ0v) is 12.7. The molecule has 0 aliphatic carbocycles. The Labute approximate surface area is 130 Å². The fourth-order valence-electron chi connectivity index (χ4n) is 3.33. The standard InChI is InChI=1S/C21H18N/c1-16-17-9-3-5-11-19(17)21(15-22-13-7-2-8-14-22)20-12-6-4-10-18(16)20/h2-14H,15H2,1H3/q+1. The number of pyridine rings is 1. The van der Waals surface area contributed by atoms with E-state index in [-0.39, 0.29) is 0 Å². The molecule has 0 saturated carbocycles. The summed E-state index contributed by atoms with van der Waals surface area (Å²) in [5.41, 5.74) is 2.76. The molecule has 0 spiro atoms. The van der Waals surface area contributed by atoms with Crippen molar-refractivity contribution in [3.63, 3.8) is 0 Å². The molecule has 106 valence electrons. The molecule has 1 nitrogen and oxygen atoms in total. The Morgan fingerprint density at radius 1 is 0.636 bits per heavy atom. The molecule has 4 aromatic rings. The molecule has 0 amide bonds. The van der Waals surface area contributed by atoms with Crippen molar-refractivity contribution in [3.05, 3.63) is 90.3 Å². The number of aryl methyl sites for hydroxylation is 1. The predicted molar refractivity (Wildman–Crippen MR) is 91.9 cm³/mol. The van der Waals surface area contributed by atoms with Gasteiger partial charge in [-0.3, -0.25) is 0 Å². The molecule has 0 N–H and O–H groups in total. The van der Waals surface area contributed by atoms with Crippen LogP contribution in [0.1, 0.15) is 11.1 Å². The average molecular weight is 284 g/mol. The SMILES string of the molecule is Cc1c2ccccc2c(C[n+]2ccccc2)c2ccccc12. The first kappa shape index (κ1) is 13.0. The predicted octanol–water partition coefficient (Wildman–Crippen LogP) is 4.64. The Balaban J connectivity index is 2.07. The van der Waals surface area contributed by atoms with E-state index in [1.165, 1.54) is 32.7 Å². The Morgan fingerprint density at radius 3 is 1.68 bits per heavy atom. The Kier molecular flexibility index (Phi) is 3.12. The second kappa shape index (κ2) is 5.27. The third-order valence-corrected chi connectivity index (χ3v) is 4.43. The van der Waals surface area contributed by atoms with Crippen LogP contribution in [0.3, 0.4) is 0 Å². The lowest BCUT2D eigenvalue weighted by Gasteiger charge is -2.12. The maximum Gasteiger partial charge on any atom is 0.175 e. The van der Waals surface area contributed by atoms with E-state index in [2.05, 4.69) is 90.6 Å². The highest BCUT2D eigenvalue weighted by molar-refractivity contribution is 6.05. The number of aromatic nitrogens is 1. The summed E-state index contributed by atoms with van der Waals surface area (Å²) < 4.78 is 2.24. The Morgan fingerprint density at radius 2 is 1.14 bits per heavy atom. The van der Waals surface area contributed by atoms with Gasteiger partial charge in [0.05, 0.1) is 0 Å². The van der Waals surface area contributed by atoms with Crippen LogP contribution < -0.4 is 4.57 Å². The van der Waals surface area contributed by atoms with Gasteiger partial charge in [-0.05, 0) is 34.0 Å². The van der Waals surface area contributed by atoms with Gasteiger partial charge in [0.2, 0.25) is 0 Å². The number of hydrogen-bond acceptors (Lipinski definition) is 0. The third-order valence-electron chi connectivity index (χ3n) is 4.43. The number of fused-ring (bicyclic) bond motifs is 2. The van der Waals surface area contributed by atoms with Crippen LogP contribution in [-0.2, 0) is 6.54 Å². The van der Waals surface area contributed by atoms with E-state index in [9.17, 15) is 0 Å². The average Bonchev–Trinajstić information content (AvgIpc) is 2.59. The van der Waals surface area contributed by atoms with Crippen molar-refractivity contribution >= 4 is 21.5 Å². The maximum absolute atomic E-state index is 2.24. The fourth-order valence-corrected chi connectivity index (χ4v) is 3.33. The molecule has 0 atom stereocenters. The van der Waals surface area contributed by atoms with E-state index < -0.39 is 0 Å². The highest BCUT2D eigenvalue weighted by Gasteiger charge is 2.13. The van der Waals surface area contributed by atoms with E-state index in [1.807, 2.05) is 0 Å². The van der Waals surface area contributed by atoms with Gasteiger partial charge in [0.25, 0.3) is 0 Å². The van der Waals surface area contributed by atoms with E-state index >= 15 is 0 Å². The van der Waals surface area contributed by atoms with Gasteiger partial charge in [0, 0.05) is 17.7 Å². The monoisotopic (exact) mass is 284 g/mol. The molecule has 0 radical (unpaired) electrons. The first-order chi connectivity index (χ1) is 10.8. The molecule has 0 fully saturated rings. The van der Waals surface area contributed by atoms with Crippen LogP contribution in [0.25, 0.3) is 21.5 Å². The van der Waals surface area contributed by atoms with Crippen molar-refractivity contribution in [2.75, 3.05) is 0 Å². The summed E-state index contributed by atoms with van der Waals surface area (Å²) in [7, 11) is 0. The van der Waals surface area contributed by atoms with Crippen molar-refractivity contribution < 1.29 is 4.57 Å². The van der Waals surface area contributed by atoms with Crippen LogP contribution in [0, 0.1) is 6.92 Å². The molecular formula is C21H18N+. The molecule has 3 aromatic carbocycles. The van der Waals surface area contributed by atoms with Crippen LogP contribution in [-0.4, -0.2) is 0 Å². The highest BCUT2D eigenvalue weighted by Crippen LogP contribution is 2.32. The van der Waals surface area contributed by atoms with Gasteiger partial charge in [0.15, 0.2) is 18.9 Å². The van der Waals surface area contributed by atoms with Crippen LogP contribution >= 0.6 is 0 Å². The Bertz CT molecular complexity index is 898. The number of rotatable bonds is 2. The lowest BCUT2D eigenvalue weighted by Crippen LogP contribution is -2.33. The summed E-state index contributed by atoms with van der Waals surface area (Å²) in [4.78, 5) is 0. The van der Waals surface area contributed by atoms with E-state index in [0.717, 1.165) is 6.54 Å². The van der Waals surface area contributed by atoms with Crippen molar-refractivity contribution in [1.29, 1.82) is 0 Å². The van der Waals surface area contributed by atoms with Gasteiger partial charge in [-0.15, -0.1) is 0 Å². The van der Waals surface area contributed by atoms with E-state index in [1.54, 1.807) is 0 Å². The van der Waals surface area contributed by atoms with Crippen LogP contribution in [0.15, 0.2) is 79.1 Å². The Hall–Kier alpha value is -2.67. The number of hydrogen-bond donors (Lipinski definition) is 0. The van der Waals surface area contributed by atoms with E-state index in [4.69, 9.17) is 0 Å². The summed E-state index contributed by atoms with van der Waals surface area (Å²) in [5.74, 6) is 0. The molecule has 0 bridgehead atoms. The summed E-state index contributed by atoms with van der Waals surface area (Å²) >= 11 is 0. The van der Waals surface area contributed by atoms with Gasteiger partial charge in [0.1, 0.15) is 0 Å². The first-order valence-corrected chi connectivity index (χ1v) is 7.67. The van der Waals surface area contributed by atoms with E-state index in [0.29, 0.717) is 0 Å². The van der Waals surface area contributed by atoms with Gasteiger partial charge in [-0.2, -0.15) is 0 Å². The molecule has 1 heterocycles. The normalized spacial score (nSPS) is 11.1. The molecule has 1 aromatic heterocycles. The number of benzene rings is 3. The minimum Gasteiger partial charge on any atom is -0.201 e. The van der Waals surface area contributed by atoms with Gasteiger partial charge in [-0.25, -0.2) is 4.57 Å². The van der Waals surface area contributed by atoms with Gasteiger partial charge >= 0.3 is 0 Å². The lowest BCUT2D eigenvalue weighted by molar-refractivity contribution is -0.688. The quantitative estimate of drug-likeness (QED) is 0.373. The van der Waals surface area contributed by atoms with Crippen molar-refractivity contribution in [1.82, 2.24) is 0 Å². The largest absolute Gasteiger partial charge is 0.201 e. The smallest absolute Gasteiger partial charge is 0.175 e. The fraction of sp³-hybridized carbons (Fsp3) is 0.0952. The minimum atomic E-state index is 0.891. The molecule has 4 rings (SSSR count). The second-order valence-electron chi connectivity index (χ2n) is 5.74. The second-order valence-corrected chi connectivity index (χ2v) is 5.74. The number of nitrogens with zero attached hydrogens (tertiary/aromatic N) is 1. The lowest BCUT2D eigenvalue weighted by atomic mass is 9.92. The molecule has 1 heteroatoms. The minimum absolute atomic E-state index is 0.891. The first-order valence-electron chi connectivity index (χ1n) is 7.67. The zero-order chi connectivity index (χ0) is 14.9. The molecule has 0 unspecified atom stereocenters.